The third kappa shape index (κ3) is 3.68. The molecule has 0 bridgehead atoms. The first-order valence-corrected chi connectivity index (χ1v) is 14.9. The van der Waals surface area contributed by atoms with Crippen molar-refractivity contribution < 1.29 is 47.3 Å². The molecule has 6 aliphatic rings. The first kappa shape index (κ1) is 28.0. The Kier molecular flexibility index (Phi) is 6.63. The molecule has 6 rings (SSSR count). The lowest BCUT2D eigenvalue weighted by molar-refractivity contribution is -0.228. The van der Waals surface area contributed by atoms with Gasteiger partial charge in [-0.25, -0.2) is 13.6 Å². The van der Waals surface area contributed by atoms with E-state index >= 15 is 8.78 Å². The fourth-order valence-corrected chi connectivity index (χ4v) is 9.75. The summed E-state index contributed by atoms with van der Waals surface area (Å²) >= 11 is 0.759. The van der Waals surface area contributed by atoms with Gasteiger partial charge in [-0.15, -0.1) is 0 Å². The number of rotatable bonds is 4. The number of carbonyl (C=O) groups excluding carboxylic acids is 4. The van der Waals surface area contributed by atoms with Crippen LogP contribution in [-0.4, -0.2) is 76.1 Å². The third-order valence-corrected chi connectivity index (χ3v) is 11.9. The summed E-state index contributed by atoms with van der Waals surface area (Å²) < 4.78 is 49.9. The standard InChI is InChI=1S/C29H34F2O8S/c1-26-8-5-15(32)12-18(26)19(30)13-17-16-6-9-28(39-23(34)20-4-3-10-37-20,25(36)40-21-7-11-38-24(21)35)27(16,2)14-22(33)29(17,26)31/h5,8,12,16-17,19-22,33H,3-4,6-7,9-11,13-14H2,1-2H3/t16?,17?,19-,20-,21-,22-,26-,27-,28-,29-/m0/s1. The molecule has 11 heteroatoms. The lowest BCUT2D eigenvalue weighted by Crippen LogP contribution is -2.70. The Morgan fingerprint density at radius 3 is 2.60 bits per heavy atom. The number of cyclic esters (lactones) is 1. The molecule has 2 heterocycles. The third-order valence-electron chi connectivity index (χ3n) is 10.7. The van der Waals surface area contributed by atoms with E-state index in [4.69, 9.17) is 14.2 Å². The molecule has 0 aromatic rings. The van der Waals surface area contributed by atoms with Crippen molar-refractivity contribution >= 4 is 34.6 Å². The molecular formula is C29H34F2O8S. The van der Waals surface area contributed by atoms with Crippen molar-refractivity contribution in [3.05, 3.63) is 23.8 Å². The van der Waals surface area contributed by atoms with Crippen LogP contribution in [0.5, 0.6) is 0 Å². The molecule has 0 aromatic heterocycles. The van der Waals surface area contributed by atoms with Crippen LogP contribution in [0, 0.1) is 22.7 Å². The van der Waals surface area contributed by atoms with Gasteiger partial charge in [-0.3, -0.25) is 14.4 Å². The summed E-state index contributed by atoms with van der Waals surface area (Å²) in [7, 11) is 0. The van der Waals surface area contributed by atoms with Crippen molar-refractivity contribution in [3.63, 3.8) is 0 Å². The second-order valence-electron chi connectivity index (χ2n) is 12.5. The van der Waals surface area contributed by atoms with Gasteiger partial charge in [0, 0.05) is 29.8 Å². The summed E-state index contributed by atoms with van der Waals surface area (Å²) in [5.41, 5.74) is -6.89. The number of fused-ring (bicyclic) bond motifs is 5. The van der Waals surface area contributed by atoms with Crippen molar-refractivity contribution in [2.24, 2.45) is 22.7 Å². The Bertz CT molecular complexity index is 1210. The second-order valence-corrected chi connectivity index (χ2v) is 13.7. The highest BCUT2D eigenvalue weighted by Gasteiger charge is 2.76. The zero-order chi connectivity index (χ0) is 28.7. The van der Waals surface area contributed by atoms with Crippen LogP contribution < -0.4 is 0 Å². The van der Waals surface area contributed by atoms with E-state index in [1.165, 1.54) is 19.1 Å². The molecule has 4 aliphatic carbocycles. The van der Waals surface area contributed by atoms with E-state index in [1.54, 1.807) is 6.92 Å². The zero-order valence-corrected chi connectivity index (χ0v) is 23.3. The van der Waals surface area contributed by atoms with E-state index in [0.717, 1.165) is 17.8 Å². The predicted molar refractivity (Wildman–Crippen MR) is 138 cm³/mol. The minimum atomic E-state index is -2.32. The normalized spacial score (nSPS) is 47.7. The Morgan fingerprint density at radius 1 is 1.15 bits per heavy atom. The Hall–Kier alpha value is -2.11. The van der Waals surface area contributed by atoms with Gasteiger partial charge in [-0.05, 0) is 69.1 Å². The van der Waals surface area contributed by atoms with Gasteiger partial charge in [0.1, 0.15) is 11.4 Å². The van der Waals surface area contributed by atoms with Crippen LogP contribution in [0.3, 0.4) is 0 Å². The number of thioether (sulfide) groups is 1. The molecule has 2 aliphatic heterocycles. The van der Waals surface area contributed by atoms with Gasteiger partial charge in [0.15, 0.2) is 23.2 Å². The number of hydrogen-bond donors (Lipinski definition) is 1. The topological polar surface area (TPSA) is 116 Å². The Labute approximate surface area is 235 Å². The molecule has 3 saturated carbocycles. The van der Waals surface area contributed by atoms with Crippen LogP contribution >= 0.6 is 11.8 Å². The molecule has 1 N–H and O–H groups in total. The smallest absolute Gasteiger partial charge is 0.336 e. The first-order valence-electron chi connectivity index (χ1n) is 14.1. The zero-order valence-electron chi connectivity index (χ0n) is 22.5. The summed E-state index contributed by atoms with van der Waals surface area (Å²) in [6.07, 6.45) is 0.815. The van der Waals surface area contributed by atoms with Crippen LogP contribution in [0.15, 0.2) is 23.8 Å². The molecular weight excluding hydrogens is 546 g/mol. The highest BCUT2D eigenvalue weighted by molar-refractivity contribution is 8.14. The van der Waals surface area contributed by atoms with Crippen LogP contribution in [-0.2, 0) is 33.4 Å². The summed E-state index contributed by atoms with van der Waals surface area (Å²) in [5.74, 6) is -3.30. The molecule has 0 spiro atoms. The van der Waals surface area contributed by atoms with Crippen molar-refractivity contribution in [1.29, 1.82) is 0 Å². The molecule has 40 heavy (non-hydrogen) atoms. The molecule has 2 unspecified atom stereocenters. The van der Waals surface area contributed by atoms with E-state index < -0.39 is 80.4 Å². The van der Waals surface area contributed by atoms with E-state index in [9.17, 15) is 24.3 Å². The lowest BCUT2D eigenvalue weighted by atomic mass is 9.44. The maximum atomic E-state index is 17.5. The number of carbonyl (C=O) groups is 4. The molecule has 8 nitrogen and oxygen atoms in total. The number of aliphatic hydroxyl groups is 1. The molecule has 2 saturated heterocycles. The van der Waals surface area contributed by atoms with Gasteiger partial charge < -0.3 is 19.3 Å². The average Bonchev–Trinajstić information content (AvgIpc) is 3.64. The highest BCUT2D eigenvalue weighted by Crippen LogP contribution is 2.71. The van der Waals surface area contributed by atoms with Crippen molar-refractivity contribution in [3.8, 4) is 0 Å². The summed E-state index contributed by atoms with van der Waals surface area (Å²) in [5, 5.41) is 10.3. The van der Waals surface area contributed by atoms with Crippen LogP contribution in [0.25, 0.3) is 0 Å². The molecule has 10 atom stereocenters. The molecule has 0 radical (unpaired) electrons. The minimum Gasteiger partial charge on any atom is -0.465 e. The Morgan fingerprint density at radius 2 is 1.93 bits per heavy atom. The van der Waals surface area contributed by atoms with Gasteiger partial charge in [-0.1, -0.05) is 24.8 Å². The number of aliphatic hydroxyl groups excluding tert-OH is 1. The largest absolute Gasteiger partial charge is 0.465 e. The fraction of sp³-hybridized carbons (Fsp3) is 0.724. The monoisotopic (exact) mass is 580 g/mol. The molecule has 0 amide bonds. The van der Waals surface area contributed by atoms with E-state index in [2.05, 4.69) is 0 Å². The summed E-state index contributed by atoms with van der Waals surface area (Å²) in [4.78, 5) is 51.8. The number of halogens is 2. The van der Waals surface area contributed by atoms with Gasteiger partial charge >= 0.3 is 11.9 Å². The first-order chi connectivity index (χ1) is 18.9. The van der Waals surface area contributed by atoms with Crippen molar-refractivity contribution in [2.45, 2.75) is 93.7 Å². The van der Waals surface area contributed by atoms with Gasteiger partial charge in [-0.2, -0.15) is 0 Å². The maximum Gasteiger partial charge on any atom is 0.336 e. The van der Waals surface area contributed by atoms with E-state index in [1.807, 2.05) is 0 Å². The number of hydrogen-bond acceptors (Lipinski definition) is 9. The van der Waals surface area contributed by atoms with Crippen LogP contribution in [0.2, 0.25) is 0 Å². The summed E-state index contributed by atoms with van der Waals surface area (Å²) in [6, 6.07) is 0. The van der Waals surface area contributed by atoms with Crippen LogP contribution in [0.4, 0.5) is 8.78 Å². The Balaban J connectivity index is 1.41. The maximum absolute atomic E-state index is 17.5. The van der Waals surface area contributed by atoms with Crippen molar-refractivity contribution in [1.82, 2.24) is 0 Å². The summed E-state index contributed by atoms with van der Waals surface area (Å²) in [6.45, 7) is 3.79. The number of ketones is 1. The minimum absolute atomic E-state index is 0.0156. The fourth-order valence-electron chi connectivity index (χ4n) is 8.55. The molecule has 0 aromatic carbocycles. The lowest BCUT2D eigenvalue weighted by Gasteiger charge is -2.63. The SMILES string of the molecule is C[C@]12C=CC(=O)C=C1[C@@H](F)CC1C3CC[C@](OC(=O)[C@@H]4CCCO4)(C(=O)S[C@H]4CCOC4=O)[C@@]3(C)C[C@H](O)[C@@]12F. The van der Waals surface area contributed by atoms with E-state index in [-0.39, 0.29) is 37.9 Å². The predicted octanol–water partition coefficient (Wildman–Crippen LogP) is 3.34. The van der Waals surface area contributed by atoms with Gasteiger partial charge in [0.25, 0.3) is 0 Å². The quantitative estimate of drug-likeness (QED) is 0.500. The number of esters is 2. The number of alkyl halides is 2. The van der Waals surface area contributed by atoms with Gasteiger partial charge in [0.2, 0.25) is 5.12 Å². The average molecular weight is 581 g/mol. The van der Waals surface area contributed by atoms with Crippen molar-refractivity contribution in [2.75, 3.05) is 13.2 Å². The van der Waals surface area contributed by atoms with E-state index in [0.29, 0.717) is 25.9 Å². The second kappa shape index (κ2) is 9.46. The molecule has 5 fully saturated rings. The van der Waals surface area contributed by atoms with Crippen LogP contribution in [0.1, 0.15) is 58.8 Å². The highest BCUT2D eigenvalue weighted by atomic mass is 32.2. The van der Waals surface area contributed by atoms with Gasteiger partial charge in [0.05, 0.1) is 12.7 Å². The number of ether oxygens (including phenoxy) is 3. The number of allylic oxidation sites excluding steroid dienone is 4. The molecule has 218 valence electrons.